The third kappa shape index (κ3) is 11.7. The van der Waals surface area contributed by atoms with Crippen LogP contribution in [0, 0.1) is 0 Å². The number of unbranched alkanes of at least 4 members (excludes halogenated alkanes) is 2. The predicted octanol–water partition coefficient (Wildman–Crippen LogP) is 8.54. The topological polar surface area (TPSA) is 221 Å². The number of anilines is 1. The first-order chi connectivity index (χ1) is 34.6. The van der Waals surface area contributed by atoms with Gasteiger partial charge in [-0.25, -0.2) is 4.79 Å². The van der Waals surface area contributed by atoms with Crippen LogP contribution in [0.5, 0.6) is 0 Å². The highest BCUT2D eigenvalue weighted by Crippen LogP contribution is 2.51. The molecule has 3 aliphatic rings. The van der Waals surface area contributed by atoms with Crippen molar-refractivity contribution >= 4 is 88.1 Å². The molecule has 1 fully saturated rings. The average molecular weight is 1030 g/mol. The van der Waals surface area contributed by atoms with Crippen LogP contribution in [0.15, 0.2) is 121 Å². The van der Waals surface area contributed by atoms with Crippen molar-refractivity contribution in [3.63, 3.8) is 0 Å². The van der Waals surface area contributed by atoms with Crippen LogP contribution < -0.4 is 10.2 Å². The maximum Gasteiger partial charge on any atom is 0.333 e. The molecule has 382 valence electrons. The number of nitrogens with zero attached hydrogens (tertiary/aromatic N) is 4. The summed E-state index contributed by atoms with van der Waals surface area (Å²) in [5, 5.41) is 7.66. The monoisotopic (exact) mass is 1030 g/mol. The fourth-order valence-electron chi connectivity index (χ4n) is 10.3. The molecule has 4 aromatic carbocycles. The smallest absolute Gasteiger partial charge is 0.333 e. The van der Waals surface area contributed by atoms with Crippen molar-refractivity contribution < 1.29 is 54.5 Å². The molecule has 0 aliphatic carbocycles. The van der Waals surface area contributed by atoms with Crippen LogP contribution in [-0.4, -0.2) is 101 Å². The van der Waals surface area contributed by atoms with E-state index in [1.807, 2.05) is 72.8 Å². The number of nitrogens with one attached hydrogen (secondary N) is 1. The lowest BCUT2D eigenvalue weighted by molar-refractivity contribution is -0.437. The standard InChI is InChI=1S/C55H59N5O11S2/c1-54(2)46(58(32-12-34-72(65,66)67)44-25-20-37-14-7-9-16-41(37)51(44)54)27-22-39(43-24-19-40(36-57-43)53(64)56-31-11-5-6-18-50(63)71-60-48(61)29-30-49(60)62)23-28-47-55(3,4)52-42-17-10-8-15-38(42)21-26-45(52)59(47)33-13-35-73(68,69)70/h7-10,14-17,19-28,36H,5-6,11-13,18,29-35H2,1-4H3,(H2-,56,64,65,66,67,68,69,70)/p+1. The van der Waals surface area contributed by atoms with Crippen LogP contribution in [0.2, 0.25) is 0 Å². The highest BCUT2D eigenvalue weighted by Gasteiger charge is 2.46. The molecule has 3 N–H and O–H groups in total. The zero-order valence-corrected chi connectivity index (χ0v) is 43.0. The van der Waals surface area contributed by atoms with Gasteiger partial charge in [0.05, 0.1) is 28.2 Å². The maximum absolute atomic E-state index is 13.4. The average Bonchev–Trinajstić information content (AvgIpc) is 3.86. The number of hydroxylamine groups is 2. The van der Waals surface area contributed by atoms with E-state index in [2.05, 4.69) is 66.8 Å². The minimum atomic E-state index is -4.23. The molecule has 73 heavy (non-hydrogen) atoms. The molecule has 1 aromatic heterocycles. The van der Waals surface area contributed by atoms with E-state index in [0.29, 0.717) is 60.8 Å². The molecule has 3 amide bonds. The molecule has 0 bridgehead atoms. The van der Waals surface area contributed by atoms with E-state index in [4.69, 9.17) is 9.82 Å². The zero-order chi connectivity index (χ0) is 52.3. The summed E-state index contributed by atoms with van der Waals surface area (Å²) in [7, 11) is -8.45. The molecule has 4 heterocycles. The Morgan fingerprint density at radius 1 is 0.767 bits per heavy atom. The molecule has 18 heteroatoms. The van der Waals surface area contributed by atoms with E-state index < -0.39 is 60.4 Å². The summed E-state index contributed by atoms with van der Waals surface area (Å²) < 4.78 is 69.2. The summed E-state index contributed by atoms with van der Waals surface area (Å²) in [5.74, 6) is -2.92. The molecule has 0 unspecified atom stereocenters. The van der Waals surface area contributed by atoms with Crippen LogP contribution in [0.1, 0.15) is 106 Å². The molecule has 1 saturated heterocycles. The first kappa shape index (κ1) is 52.5. The van der Waals surface area contributed by atoms with E-state index in [0.717, 1.165) is 55.5 Å². The van der Waals surface area contributed by atoms with Crippen LogP contribution in [0.4, 0.5) is 11.4 Å². The number of hydrogen-bond donors (Lipinski definition) is 3. The molecule has 0 spiro atoms. The second-order valence-corrected chi connectivity index (χ2v) is 22.8. The Morgan fingerprint density at radius 3 is 2.07 bits per heavy atom. The third-order valence-electron chi connectivity index (χ3n) is 13.8. The van der Waals surface area contributed by atoms with E-state index >= 15 is 0 Å². The maximum atomic E-state index is 13.4. The van der Waals surface area contributed by atoms with Gasteiger partial charge in [-0.2, -0.15) is 21.4 Å². The van der Waals surface area contributed by atoms with Gasteiger partial charge >= 0.3 is 5.97 Å². The number of rotatable bonds is 20. The molecule has 16 nitrogen and oxygen atoms in total. The number of hydrogen-bond acceptors (Lipinski definition) is 11. The van der Waals surface area contributed by atoms with Crippen molar-refractivity contribution in [1.82, 2.24) is 15.4 Å². The molecule has 8 rings (SSSR count). The summed E-state index contributed by atoms with van der Waals surface area (Å²) in [6, 6.07) is 27.8. The van der Waals surface area contributed by atoms with Crippen molar-refractivity contribution in [1.29, 1.82) is 0 Å². The van der Waals surface area contributed by atoms with Crippen LogP contribution in [-0.2, 0) is 50.3 Å². The number of aromatic nitrogens is 1. The van der Waals surface area contributed by atoms with Gasteiger partial charge in [0.25, 0.3) is 38.0 Å². The van der Waals surface area contributed by atoms with Gasteiger partial charge < -0.3 is 15.1 Å². The summed E-state index contributed by atoms with van der Waals surface area (Å²) in [6.07, 6.45) is 11.3. The number of carbonyl (C=O) groups excluding carboxylic acids is 4. The van der Waals surface area contributed by atoms with Gasteiger partial charge in [-0.05, 0) is 96.6 Å². The number of allylic oxidation sites excluding steroid dienone is 6. The van der Waals surface area contributed by atoms with Gasteiger partial charge in [-0.15, -0.1) is 5.06 Å². The Bertz CT molecular complexity index is 3360. The molecular weight excluding hydrogens is 971 g/mol. The van der Waals surface area contributed by atoms with Crippen molar-refractivity contribution in [2.45, 2.75) is 89.9 Å². The molecule has 0 radical (unpaired) electrons. The lowest BCUT2D eigenvalue weighted by Crippen LogP contribution is -2.31. The minimum Gasteiger partial charge on any atom is -0.352 e. The largest absolute Gasteiger partial charge is 0.352 e. The number of fused-ring (bicyclic) bond motifs is 6. The fraction of sp³-hybridized carbons (Fsp3) is 0.345. The van der Waals surface area contributed by atoms with E-state index in [9.17, 15) is 45.1 Å². The number of pyridine rings is 1. The quantitative estimate of drug-likeness (QED) is 0.0219. The second-order valence-electron chi connectivity index (χ2n) is 19.6. The Hall–Kier alpha value is -6.86. The highest BCUT2D eigenvalue weighted by atomic mass is 32.2. The Balaban J connectivity index is 1.12. The van der Waals surface area contributed by atoms with Gasteiger partial charge in [-0.3, -0.25) is 28.5 Å². The normalized spacial score (nSPS) is 17.1. The summed E-state index contributed by atoms with van der Waals surface area (Å²) in [4.78, 5) is 60.9. The number of imide groups is 1. The Labute approximate surface area is 425 Å². The van der Waals surface area contributed by atoms with Crippen molar-refractivity contribution in [2.24, 2.45) is 0 Å². The summed E-state index contributed by atoms with van der Waals surface area (Å²) in [5.41, 5.74) is 6.10. The number of carbonyl (C=O) groups is 4. The van der Waals surface area contributed by atoms with Crippen molar-refractivity contribution in [2.75, 3.05) is 36.0 Å². The predicted molar refractivity (Wildman–Crippen MR) is 281 cm³/mol. The Kier molecular flexibility index (Phi) is 15.3. The third-order valence-corrected chi connectivity index (χ3v) is 15.4. The molecule has 0 saturated carbocycles. The van der Waals surface area contributed by atoms with Gasteiger partial charge in [0, 0.05) is 85.0 Å². The Morgan fingerprint density at radius 2 is 1.41 bits per heavy atom. The fourth-order valence-corrected chi connectivity index (χ4v) is 11.3. The number of amides is 3. The molecular formula is C55H60N5O11S2+. The molecule has 5 aromatic rings. The van der Waals surface area contributed by atoms with E-state index in [1.54, 1.807) is 12.1 Å². The van der Waals surface area contributed by atoms with Gasteiger partial charge in [0.15, 0.2) is 5.71 Å². The highest BCUT2D eigenvalue weighted by molar-refractivity contribution is 7.86. The number of benzene rings is 4. The van der Waals surface area contributed by atoms with Crippen LogP contribution >= 0.6 is 0 Å². The van der Waals surface area contributed by atoms with Crippen molar-refractivity contribution in [3.8, 4) is 0 Å². The first-order valence-electron chi connectivity index (χ1n) is 24.4. The lowest BCUT2D eigenvalue weighted by Gasteiger charge is -2.27. The second kappa shape index (κ2) is 21.3. The van der Waals surface area contributed by atoms with Gasteiger partial charge in [0.2, 0.25) is 5.69 Å². The summed E-state index contributed by atoms with van der Waals surface area (Å²) in [6.45, 7) is 9.42. The van der Waals surface area contributed by atoms with Crippen molar-refractivity contribution in [3.05, 3.63) is 144 Å². The van der Waals surface area contributed by atoms with Gasteiger partial charge in [0.1, 0.15) is 6.54 Å². The van der Waals surface area contributed by atoms with E-state index in [-0.39, 0.29) is 38.0 Å². The minimum absolute atomic E-state index is 0.0114. The van der Waals surface area contributed by atoms with Crippen LogP contribution in [0.25, 0.3) is 27.1 Å². The first-order valence-corrected chi connectivity index (χ1v) is 27.6. The zero-order valence-electron chi connectivity index (χ0n) is 41.3. The van der Waals surface area contributed by atoms with Gasteiger partial charge in [-0.1, -0.05) is 80.9 Å². The SMILES string of the molecule is CC1(C)C(/C=C/C(=C/C=C2/N(CCCS(=O)(=O)O)c3ccc4ccccc4c3C2(C)C)c2ccc(C(=O)NCCCCCC(=O)ON3C(=O)CCC3=O)cn2)=[N+](CCCS(=O)(=O)O)c2ccc3ccccc3c21. The van der Waals surface area contributed by atoms with Crippen LogP contribution in [0.3, 0.4) is 0 Å². The molecule has 3 aliphatic heterocycles. The lowest BCUT2D eigenvalue weighted by atomic mass is 9.79. The summed E-state index contributed by atoms with van der Waals surface area (Å²) >= 11 is 0. The molecule has 0 atom stereocenters. The van der Waals surface area contributed by atoms with E-state index in [1.165, 1.54) is 6.20 Å².